The van der Waals surface area contributed by atoms with Gasteiger partial charge in [0.25, 0.3) is 0 Å². The first-order valence-electron chi connectivity index (χ1n) is 8.90. The third kappa shape index (κ3) is 2.64. The third-order valence-electron chi connectivity index (χ3n) is 5.27. The van der Waals surface area contributed by atoms with Crippen LogP contribution in [-0.4, -0.2) is 6.15 Å². The molecule has 0 aliphatic heterocycles. The zero-order valence-corrected chi connectivity index (χ0v) is 14.4. The summed E-state index contributed by atoms with van der Waals surface area (Å²) in [5.74, 6) is -0.177. The maximum atomic E-state index is 15.2. The van der Waals surface area contributed by atoms with Gasteiger partial charge in [-0.25, -0.2) is 4.39 Å². The largest absolute Gasteiger partial charge is 0.210 e. The lowest BCUT2D eigenvalue weighted by atomic mass is 9.13. The molecule has 0 amide bonds. The SMILES string of the molecule is Fc1ccccc1[B-](c1ccccc1)(c1ccccc1)c1ccccc1. The summed E-state index contributed by atoms with van der Waals surface area (Å²) in [6.07, 6.45) is -1.62. The quantitative estimate of drug-likeness (QED) is 0.502. The molecule has 0 atom stereocenters. The van der Waals surface area contributed by atoms with Crippen LogP contribution in [0.3, 0.4) is 0 Å². The maximum absolute atomic E-state index is 15.2. The van der Waals surface area contributed by atoms with Gasteiger partial charge in [0.15, 0.2) is 0 Å². The second-order valence-corrected chi connectivity index (χ2v) is 6.62. The Labute approximate surface area is 153 Å². The monoisotopic (exact) mass is 337 g/mol. The first kappa shape index (κ1) is 16.3. The summed E-state index contributed by atoms with van der Waals surface area (Å²) in [5.41, 5.74) is 4.04. The van der Waals surface area contributed by atoms with E-state index in [2.05, 4.69) is 36.4 Å². The lowest BCUT2D eigenvalue weighted by molar-refractivity contribution is 0.635. The first-order chi connectivity index (χ1) is 12.8. The Morgan fingerprint density at radius 1 is 0.423 bits per heavy atom. The van der Waals surface area contributed by atoms with E-state index in [9.17, 15) is 0 Å². The van der Waals surface area contributed by atoms with Gasteiger partial charge in [-0.3, -0.25) is 0 Å². The Bertz CT molecular complexity index is 885. The summed E-state index contributed by atoms with van der Waals surface area (Å²) in [4.78, 5) is 0. The molecule has 0 radical (unpaired) electrons. The fourth-order valence-electron chi connectivity index (χ4n) is 4.17. The molecule has 0 spiro atoms. The third-order valence-corrected chi connectivity index (χ3v) is 5.27. The van der Waals surface area contributed by atoms with Gasteiger partial charge in [0.1, 0.15) is 6.15 Å². The highest BCUT2D eigenvalue weighted by molar-refractivity contribution is 7.19. The predicted octanol–water partition coefficient (Wildman–Crippen LogP) is 3.20. The Kier molecular flexibility index (Phi) is 4.41. The van der Waals surface area contributed by atoms with Gasteiger partial charge < -0.3 is 0 Å². The van der Waals surface area contributed by atoms with Crippen molar-refractivity contribution in [1.82, 2.24) is 0 Å². The molecule has 2 heteroatoms. The van der Waals surface area contributed by atoms with Gasteiger partial charge in [-0.1, -0.05) is 109 Å². The van der Waals surface area contributed by atoms with Crippen LogP contribution in [0.25, 0.3) is 0 Å². The minimum Gasteiger partial charge on any atom is -0.210 e. The average Bonchev–Trinajstić information content (AvgIpc) is 2.72. The highest BCUT2D eigenvalue weighted by atomic mass is 19.1. The van der Waals surface area contributed by atoms with Crippen molar-refractivity contribution in [3.05, 3.63) is 121 Å². The standard InChI is InChI=1S/C24H19BF/c26-24-19-11-10-18-23(24)25(20-12-4-1-5-13-20,21-14-6-2-7-15-21)22-16-8-3-9-17-22/h1-19H/q-1. The summed E-state index contributed by atoms with van der Waals surface area (Å²) < 4.78 is 15.2. The van der Waals surface area contributed by atoms with Crippen molar-refractivity contribution in [2.75, 3.05) is 0 Å². The van der Waals surface area contributed by atoms with Crippen molar-refractivity contribution in [2.45, 2.75) is 0 Å². The molecule has 126 valence electrons. The Morgan fingerprint density at radius 2 is 0.769 bits per heavy atom. The van der Waals surface area contributed by atoms with Crippen LogP contribution in [0.1, 0.15) is 0 Å². The van der Waals surface area contributed by atoms with E-state index in [0.29, 0.717) is 0 Å². The van der Waals surface area contributed by atoms with Crippen LogP contribution in [0.2, 0.25) is 0 Å². The van der Waals surface area contributed by atoms with Crippen LogP contribution in [0.15, 0.2) is 115 Å². The van der Waals surface area contributed by atoms with Crippen molar-refractivity contribution in [1.29, 1.82) is 0 Å². The highest BCUT2D eigenvalue weighted by Gasteiger charge is 2.33. The van der Waals surface area contributed by atoms with Gasteiger partial charge in [-0.2, -0.15) is 21.9 Å². The van der Waals surface area contributed by atoms with Gasteiger partial charge in [0.05, 0.1) is 5.82 Å². The van der Waals surface area contributed by atoms with E-state index in [4.69, 9.17) is 0 Å². The van der Waals surface area contributed by atoms with Crippen LogP contribution in [-0.2, 0) is 0 Å². The Morgan fingerprint density at radius 3 is 1.15 bits per heavy atom. The molecule has 26 heavy (non-hydrogen) atoms. The molecular weight excluding hydrogens is 318 g/mol. The smallest absolute Gasteiger partial charge is 0.111 e. The van der Waals surface area contributed by atoms with E-state index in [1.54, 1.807) is 12.1 Å². The van der Waals surface area contributed by atoms with Crippen LogP contribution < -0.4 is 21.9 Å². The first-order valence-corrected chi connectivity index (χ1v) is 8.90. The van der Waals surface area contributed by atoms with Crippen LogP contribution in [0.5, 0.6) is 0 Å². The molecule has 0 nitrogen and oxygen atoms in total. The molecule has 0 saturated carbocycles. The molecule has 0 bridgehead atoms. The van der Waals surface area contributed by atoms with Gasteiger partial charge in [0.2, 0.25) is 0 Å². The van der Waals surface area contributed by atoms with E-state index in [1.165, 1.54) is 0 Å². The summed E-state index contributed by atoms with van der Waals surface area (Å²) in [6, 6.07) is 37.9. The number of hydrogen-bond acceptors (Lipinski definition) is 0. The number of rotatable bonds is 4. The number of hydrogen-bond donors (Lipinski definition) is 0. The lowest BCUT2D eigenvalue weighted by Gasteiger charge is -2.44. The van der Waals surface area contributed by atoms with Crippen molar-refractivity contribution in [2.24, 2.45) is 0 Å². The molecule has 0 aliphatic carbocycles. The molecule has 0 fully saturated rings. The summed E-state index contributed by atoms with van der Waals surface area (Å²) in [5, 5.41) is 0. The summed E-state index contributed by atoms with van der Waals surface area (Å²) in [7, 11) is 0. The van der Waals surface area contributed by atoms with Gasteiger partial charge >= 0.3 is 0 Å². The fraction of sp³-hybridized carbons (Fsp3) is 0. The van der Waals surface area contributed by atoms with Crippen molar-refractivity contribution in [3.63, 3.8) is 0 Å². The molecule has 0 heterocycles. The van der Waals surface area contributed by atoms with E-state index in [-0.39, 0.29) is 5.82 Å². The van der Waals surface area contributed by atoms with E-state index < -0.39 is 6.15 Å². The average molecular weight is 337 g/mol. The normalized spacial score (nSPS) is 11.3. The number of benzene rings is 4. The van der Waals surface area contributed by atoms with Gasteiger partial charge in [-0.15, -0.1) is 0 Å². The summed E-state index contributed by atoms with van der Waals surface area (Å²) >= 11 is 0. The zero-order chi connectivity index (χ0) is 17.8. The van der Waals surface area contributed by atoms with Crippen LogP contribution in [0, 0.1) is 5.82 Å². The predicted molar refractivity (Wildman–Crippen MR) is 110 cm³/mol. The van der Waals surface area contributed by atoms with E-state index >= 15 is 4.39 Å². The summed E-state index contributed by atoms with van der Waals surface area (Å²) in [6.45, 7) is 0. The van der Waals surface area contributed by atoms with Crippen molar-refractivity contribution < 1.29 is 4.39 Å². The molecule has 4 aromatic carbocycles. The minimum atomic E-state index is -1.62. The molecule has 0 aromatic heterocycles. The lowest BCUT2D eigenvalue weighted by Crippen LogP contribution is -2.75. The zero-order valence-electron chi connectivity index (χ0n) is 14.4. The van der Waals surface area contributed by atoms with E-state index in [0.717, 1.165) is 21.9 Å². The van der Waals surface area contributed by atoms with Crippen LogP contribution in [0.4, 0.5) is 4.39 Å². The Balaban J connectivity index is 2.17. The molecule has 0 N–H and O–H groups in total. The molecule has 0 saturated heterocycles. The molecular formula is C24H19BF-. The topological polar surface area (TPSA) is 0 Å². The molecule has 4 rings (SSSR count). The van der Waals surface area contributed by atoms with Crippen molar-refractivity contribution >= 4 is 28.0 Å². The maximum Gasteiger partial charge on any atom is 0.111 e. The second-order valence-electron chi connectivity index (χ2n) is 6.62. The molecule has 4 aromatic rings. The van der Waals surface area contributed by atoms with Gasteiger partial charge in [-0.05, 0) is 6.07 Å². The van der Waals surface area contributed by atoms with E-state index in [1.807, 2.05) is 66.7 Å². The molecule has 0 unspecified atom stereocenters. The van der Waals surface area contributed by atoms with Gasteiger partial charge in [0, 0.05) is 0 Å². The fourth-order valence-corrected chi connectivity index (χ4v) is 4.17. The second kappa shape index (κ2) is 7.01. The highest BCUT2D eigenvalue weighted by Crippen LogP contribution is 2.11. The minimum absolute atomic E-state index is 0.177. The number of halogens is 1. The Hall–Kier alpha value is -3.13. The van der Waals surface area contributed by atoms with Crippen molar-refractivity contribution in [3.8, 4) is 0 Å². The molecule has 0 aliphatic rings. The van der Waals surface area contributed by atoms with Crippen LogP contribution >= 0.6 is 0 Å².